The van der Waals surface area contributed by atoms with Crippen molar-refractivity contribution in [2.24, 2.45) is 0 Å². The highest BCUT2D eigenvalue weighted by atomic mass is 35.5. The zero-order chi connectivity index (χ0) is 30.1. The maximum absolute atomic E-state index is 12.9. The van der Waals surface area contributed by atoms with Crippen LogP contribution in [0.3, 0.4) is 0 Å². The first kappa shape index (κ1) is 31.4. The number of ether oxygens (including phenoxy) is 1. The topological polar surface area (TPSA) is 131 Å². The molecule has 0 unspecified atom stereocenters. The van der Waals surface area contributed by atoms with E-state index in [2.05, 4.69) is 10.6 Å². The molecule has 0 spiro atoms. The number of amides is 3. The molecule has 0 heterocycles. The van der Waals surface area contributed by atoms with Crippen molar-refractivity contribution >= 4 is 58.8 Å². The number of anilines is 2. The lowest BCUT2D eigenvalue weighted by atomic mass is 10.0. The predicted octanol–water partition coefficient (Wildman–Crippen LogP) is 5.10. The zero-order valence-corrected chi connectivity index (χ0v) is 24.5. The highest BCUT2D eigenvalue weighted by molar-refractivity contribution is 6.39. The molecule has 1 atom stereocenters. The van der Waals surface area contributed by atoms with Crippen LogP contribution in [0.2, 0.25) is 10.0 Å². The molecule has 11 heteroatoms. The molecule has 3 amide bonds. The van der Waals surface area contributed by atoms with Crippen LogP contribution in [0.5, 0.6) is 0 Å². The van der Waals surface area contributed by atoms with Crippen molar-refractivity contribution in [2.45, 2.75) is 45.4 Å². The number of hydrogen-bond donors (Lipinski definition) is 3. The van der Waals surface area contributed by atoms with Crippen molar-refractivity contribution in [3.05, 3.63) is 93.0 Å². The van der Waals surface area contributed by atoms with E-state index in [-0.39, 0.29) is 34.0 Å². The Morgan fingerprint density at radius 3 is 2.22 bits per heavy atom. The molecule has 0 aliphatic carbocycles. The maximum atomic E-state index is 12.9. The maximum Gasteiger partial charge on any atom is 0.328 e. The number of aryl methyl sites for hydroxylation is 1. The number of benzene rings is 3. The number of hydrogen-bond acceptors (Lipinski definition) is 6. The summed E-state index contributed by atoms with van der Waals surface area (Å²) in [6, 6.07) is 15.9. The number of nitrogens with one attached hydrogen (secondary N) is 2. The number of halogens is 2. The third-order valence-electron chi connectivity index (χ3n) is 6.04. The molecule has 0 saturated carbocycles. The van der Waals surface area contributed by atoms with Gasteiger partial charge in [-0.2, -0.15) is 0 Å². The fourth-order valence-corrected chi connectivity index (χ4v) is 4.57. The van der Waals surface area contributed by atoms with E-state index >= 15 is 0 Å². The molecule has 0 bridgehead atoms. The first-order valence-corrected chi connectivity index (χ1v) is 13.6. The Bertz CT molecular complexity index is 1390. The van der Waals surface area contributed by atoms with Crippen molar-refractivity contribution in [2.75, 3.05) is 18.1 Å². The quantitative estimate of drug-likeness (QED) is 0.151. The van der Waals surface area contributed by atoms with Crippen LogP contribution in [0, 0.1) is 0 Å². The highest BCUT2D eigenvalue weighted by Gasteiger charge is 2.25. The fourth-order valence-electron chi connectivity index (χ4n) is 4.00. The van der Waals surface area contributed by atoms with Gasteiger partial charge in [-0.1, -0.05) is 47.5 Å². The van der Waals surface area contributed by atoms with Crippen molar-refractivity contribution in [3.8, 4) is 0 Å². The monoisotopic (exact) mass is 598 g/mol. The largest absolute Gasteiger partial charge is 0.461 e. The van der Waals surface area contributed by atoms with E-state index in [4.69, 9.17) is 33.7 Å². The third kappa shape index (κ3) is 8.96. The van der Waals surface area contributed by atoms with Crippen LogP contribution in [0.4, 0.5) is 11.4 Å². The number of nitrogens with zero attached hydrogens (tertiary/aromatic N) is 1. The van der Waals surface area contributed by atoms with Gasteiger partial charge in [0, 0.05) is 25.0 Å². The average Bonchev–Trinajstić information content (AvgIpc) is 2.92. The molecule has 0 aliphatic rings. The molecule has 0 fully saturated rings. The van der Waals surface area contributed by atoms with Crippen molar-refractivity contribution in [3.63, 3.8) is 0 Å². The van der Waals surface area contributed by atoms with Gasteiger partial charge in [0.1, 0.15) is 6.04 Å². The van der Waals surface area contributed by atoms with E-state index in [0.29, 0.717) is 36.3 Å². The summed E-state index contributed by atoms with van der Waals surface area (Å²) < 4.78 is 5.35. The summed E-state index contributed by atoms with van der Waals surface area (Å²) in [6.07, 6.45) is 1.02. The lowest BCUT2D eigenvalue weighted by Crippen LogP contribution is -2.43. The molecule has 216 valence electrons. The Hall–Kier alpha value is -4.08. The van der Waals surface area contributed by atoms with Gasteiger partial charge in [0.2, 0.25) is 6.41 Å². The minimum atomic E-state index is -0.940. The lowest BCUT2D eigenvalue weighted by molar-refractivity contribution is -0.149. The van der Waals surface area contributed by atoms with Gasteiger partial charge in [-0.05, 0) is 74.2 Å². The second-order valence-electron chi connectivity index (χ2n) is 9.74. The van der Waals surface area contributed by atoms with Crippen LogP contribution >= 0.6 is 23.2 Å². The van der Waals surface area contributed by atoms with Crippen LogP contribution in [0.1, 0.15) is 52.1 Å². The van der Waals surface area contributed by atoms with E-state index < -0.39 is 17.9 Å². The Kier molecular flexibility index (Phi) is 11.1. The molecule has 0 radical (unpaired) electrons. The van der Waals surface area contributed by atoms with Crippen molar-refractivity contribution in [1.29, 1.82) is 0 Å². The van der Waals surface area contributed by atoms with E-state index in [9.17, 15) is 19.2 Å². The van der Waals surface area contributed by atoms with Gasteiger partial charge in [0.05, 0.1) is 27.3 Å². The minimum Gasteiger partial charge on any atom is -0.461 e. The zero-order valence-electron chi connectivity index (χ0n) is 22.9. The number of esters is 1. The van der Waals surface area contributed by atoms with Gasteiger partial charge in [0.25, 0.3) is 11.8 Å². The molecule has 0 saturated heterocycles. The molecular weight excluding hydrogens is 567 g/mol. The SMILES string of the molecule is CC(C)OC(=O)[C@H](CCc1ccc(NC(=O)c2cc(CN(C)C=O)ccc2N)cc1)NC(=O)c1c(Cl)cccc1Cl. The minimum absolute atomic E-state index is 0.0835. The molecule has 0 aromatic heterocycles. The molecule has 41 heavy (non-hydrogen) atoms. The number of rotatable bonds is 12. The van der Waals surface area contributed by atoms with E-state index in [1.54, 1.807) is 69.4 Å². The molecule has 3 aromatic rings. The van der Waals surface area contributed by atoms with Crippen LogP contribution in [0.15, 0.2) is 60.7 Å². The summed E-state index contributed by atoms with van der Waals surface area (Å²) in [7, 11) is 1.64. The smallest absolute Gasteiger partial charge is 0.328 e. The van der Waals surface area contributed by atoms with Crippen LogP contribution in [-0.2, 0) is 27.3 Å². The summed E-state index contributed by atoms with van der Waals surface area (Å²) in [5.41, 5.74) is 8.90. The van der Waals surface area contributed by atoms with E-state index in [0.717, 1.165) is 11.1 Å². The van der Waals surface area contributed by atoms with Gasteiger partial charge in [-0.25, -0.2) is 4.79 Å². The summed E-state index contributed by atoms with van der Waals surface area (Å²) in [5.74, 6) is -1.53. The number of nitrogen functional groups attached to an aromatic ring is 1. The third-order valence-corrected chi connectivity index (χ3v) is 6.67. The number of carbonyl (C=O) groups is 4. The summed E-state index contributed by atoms with van der Waals surface area (Å²) in [6.45, 7) is 3.79. The van der Waals surface area contributed by atoms with Gasteiger partial charge >= 0.3 is 5.97 Å². The second kappa shape index (κ2) is 14.5. The normalized spacial score (nSPS) is 11.5. The summed E-state index contributed by atoms with van der Waals surface area (Å²) >= 11 is 12.3. The summed E-state index contributed by atoms with van der Waals surface area (Å²) in [5, 5.41) is 5.86. The lowest BCUT2D eigenvalue weighted by Gasteiger charge is -2.20. The summed E-state index contributed by atoms with van der Waals surface area (Å²) in [4.78, 5) is 51.0. The van der Waals surface area contributed by atoms with Crippen molar-refractivity contribution in [1.82, 2.24) is 10.2 Å². The first-order chi connectivity index (χ1) is 19.5. The Morgan fingerprint density at radius 1 is 0.976 bits per heavy atom. The van der Waals surface area contributed by atoms with Crippen LogP contribution in [-0.4, -0.2) is 48.3 Å². The second-order valence-corrected chi connectivity index (χ2v) is 10.6. The van der Waals surface area contributed by atoms with Crippen LogP contribution in [0.25, 0.3) is 0 Å². The molecule has 4 N–H and O–H groups in total. The van der Waals surface area contributed by atoms with Crippen molar-refractivity contribution < 1.29 is 23.9 Å². The Morgan fingerprint density at radius 2 is 1.61 bits per heavy atom. The average molecular weight is 600 g/mol. The molecular formula is C30H32Cl2N4O5. The van der Waals surface area contributed by atoms with E-state index in [1.807, 2.05) is 12.1 Å². The van der Waals surface area contributed by atoms with Gasteiger partial charge in [-0.15, -0.1) is 0 Å². The van der Waals surface area contributed by atoms with E-state index in [1.165, 1.54) is 4.90 Å². The Labute approximate surface area is 248 Å². The molecule has 3 rings (SSSR count). The van der Waals surface area contributed by atoms with Gasteiger partial charge in [-0.3, -0.25) is 14.4 Å². The van der Waals surface area contributed by atoms with Crippen LogP contribution < -0.4 is 16.4 Å². The molecule has 3 aromatic carbocycles. The van der Waals surface area contributed by atoms with Gasteiger partial charge < -0.3 is 26.0 Å². The Balaban J connectivity index is 1.67. The standard InChI is InChI=1S/C30H32Cl2N4O5/c1-18(2)41-30(40)26(35-29(39)27-23(31)5-4-6-24(27)32)14-10-19-7-11-21(12-8-19)34-28(38)22-15-20(9-13-25(22)33)16-36(3)17-37/h4-9,11-13,15,17-18,26H,10,14,16,33H2,1-3H3,(H,34,38)(H,35,39)/t26-/m0/s1. The number of carbonyl (C=O) groups excluding carboxylic acids is 4. The molecule has 0 aliphatic heterocycles. The molecule has 9 nitrogen and oxygen atoms in total. The highest BCUT2D eigenvalue weighted by Crippen LogP contribution is 2.24. The van der Waals surface area contributed by atoms with Gasteiger partial charge in [0.15, 0.2) is 0 Å². The first-order valence-electron chi connectivity index (χ1n) is 12.9. The number of nitrogens with two attached hydrogens (primary N) is 1. The predicted molar refractivity (Wildman–Crippen MR) is 160 cm³/mol. The fraction of sp³-hybridized carbons (Fsp3) is 0.267.